The Bertz CT molecular complexity index is 614. The number of aliphatic imine (C=N–C) groups is 1. The van der Waals surface area contributed by atoms with Crippen LogP contribution in [0.15, 0.2) is 29.3 Å². The summed E-state index contributed by atoms with van der Waals surface area (Å²) in [5, 5.41) is 3.26. The lowest BCUT2D eigenvalue weighted by Crippen LogP contribution is -2.39. The van der Waals surface area contributed by atoms with Crippen molar-refractivity contribution in [2.24, 2.45) is 16.6 Å². The Morgan fingerprint density at radius 1 is 1.13 bits per heavy atom. The summed E-state index contributed by atoms with van der Waals surface area (Å²) in [5.41, 5.74) is 7.39. The van der Waals surface area contributed by atoms with Crippen molar-refractivity contribution in [2.75, 3.05) is 66.1 Å². The fourth-order valence-electron chi connectivity index (χ4n) is 3.94. The molecule has 30 heavy (non-hydrogen) atoms. The zero-order chi connectivity index (χ0) is 20.3. The number of methoxy groups -OCH3 is 1. The van der Waals surface area contributed by atoms with E-state index in [4.69, 9.17) is 15.2 Å². The van der Waals surface area contributed by atoms with Crippen molar-refractivity contribution < 1.29 is 9.47 Å². The minimum atomic E-state index is 0. The number of likely N-dealkylation sites (tertiary alicyclic amines) is 1. The Kier molecular flexibility index (Phi) is 11.8. The molecule has 0 bridgehead atoms. The number of nitrogens with two attached hydrogens (primary N) is 1. The molecule has 3 N–H and O–H groups in total. The van der Waals surface area contributed by atoms with Crippen molar-refractivity contribution >= 4 is 29.9 Å². The summed E-state index contributed by atoms with van der Waals surface area (Å²) in [5.74, 6) is 2.14. The molecule has 0 radical (unpaired) electrons. The Morgan fingerprint density at radius 3 is 2.50 bits per heavy atom. The normalized spacial score (nSPS) is 19.3. The molecule has 0 saturated carbocycles. The maximum Gasteiger partial charge on any atom is 0.188 e. The molecule has 0 unspecified atom stereocenters. The van der Waals surface area contributed by atoms with Crippen LogP contribution in [0.25, 0.3) is 0 Å². The van der Waals surface area contributed by atoms with Crippen LogP contribution in [0.3, 0.4) is 0 Å². The molecule has 1 aromatic carbocycles. The average molecular weight is 531 g/mol. The number of morpholine rings is 1. The number of guanidine groups is 1. The molecule has 170 valence electrons. The number of benzene rings is 1. The number of nitrogens with zero attached hydrogens (tertiary/aromatic N) is 3. The SMILES string of the molecule is COc1ccc(CN2CCC(CN=C(N)NCCCN3CCOCC3)CC2)cc1.I. The second kappa shape index (κ2) is 14.1. The molecule has 0 spiro atoms. The largest absolute Gasteiger partial charge is 0.497 e. The number of halogens is 1. The van der Waals surface area contributed by atoms with Crippen LogP contribution in [-0.2, 0) is 11.3 Å². The van der Waals surface area contributed by atoms with E-state index in [2.05, 4.69) is 32.2 Å². The molecule has 3 rings (SSSR count). The van der Waals surface area contributed by atoms with Crippen molar-refractivity contribution in [3.8, 4) is 5.75 Å². The lowest BCUT2D eigenvalue weighted by molar-refractivity contribution is 0.0376. The van der Waals surface area contributed by atoms with Crippen LogP contribution in [0.5, 0.6) is 5.75 Å². The number of rotatable bonds is 9. The Hall–Kier alpha value is -1.10. The summed E-state index contributed by atoms with van der Waals surface area (Å²) in [6.07, 6.45) is 3.45. The predicted octanol–water partition coefficient (Wildman–Crippen LogP) is 2.15. The van der Waals surface area contributed by atoms with Crippen molar-refractivity contribution in [3.63, 3.8) is 0 Å². The van der Waals surface area contributed by atoms with Crippen molar-refractivity contribution in [2.45, 2.75) is 25.8 Å². The summed E-state index contributed by atoms with van der Waals surface area (Å²) >= 11 is 0. The number of piperidine rings is 1. The van der Waals surface area contributed by atoms with Crippen LogP contribution >= 0.6 is 24.0 Å². The quantitative estimate of drug-likeness (QED) is 0.220. The molecular formula is C22H38IN5O2. The summed E-state index contributed by atoms with van der Waals surface area (Å²) < 4.78 is 10.6. The molecule has 7 nitrogen and oxygen atoms in total. The Balaban J connectivity index is 0.00000320. The molecule has 1 aromatic rings. The van der Waals surface area contributed by atoms with Crippen LogP contribution in [0.1, 0.15) is 24.8 Å². The monoisotopic (exact) mass is 531 g/mol. The molecular weight excluding hydrogens is 493 g/mol. The smallest absolute Gasteiger partial charge is 0.188 e. The van der Waals surface area contributed by atoms with E-state index in [1.54, 1.807) is 7.11 Å². The zero-order valence-corrected chi connectivity index (χ0v) is 20.6. The summed E-state index contributed by atoms with van der Waals surface area (Å²) in [6.45, 7) is 9.86. The lowest BCUT2D eigenvalue weighted by atomic mass is 9.96. The molecule has 0 aliphatic carbocycles. The highest BCUT2D eigenvalue weighted by atomic mass is 127. The van der Waals surface area contributed by atoms with E-state index in [1.165, 1.54) is 18.4 Å². The molecule has 2 aliphatic heterocycles. The maximum atomic E-state index is 6.05. The second-order valence-corrected chi connectivity index (χ2v) is 8.03. The van der Waals surface area contributed by atoms with E-state index >= 15 is 0 Å². The van der Waals surface area contributed by atoms with Gasteiger partial charge in [0.05, 0.1) is 20.3 Å². The first-order valence-electron chi connectivity index (χ1n) is 10.9. The van der Waals surface area contributed by atoms with Gasteiger partial charge in [-0.25, -0.2) is 0 Å². The highest BCUT2D eigenvalue weighted by Crippen LogP contribution is 2.20. The van der Waals surface area contributed by atoms with Gasteiger partial charge in [-0.05, 0) is 62.5 Å². The van der Waals surface area contributed by atoms with Gasteiger partial charge < -0.3 is 20.5 Å². The van der Waals surface area contributed by atoms with Gasteiger partial charge >= 0.3 is 0 Å². The van der Waals surface area contributed by atoms with E-state index in [9.17, 15) is 0 Å². The molecule has 2 saturated heterocycles. The van der Waals surface area contributed by atoms with Crippen LogP contribution < -0.4 is 15.8 Å². The van der Waals surface area contributed by atoms with Crippen LogP contribution in [-0.4, -0.2) is 81.9 Å². The van der Waals surface area contributed by atoms with Crippen molar-refractivity contribution in [1.29, 1.82) is 0 Å². The minimum absolute atomic E-state index is 0. The highest BCUT2D eigenvalue weighted by Gasteiger charge is 2.19. The van der Waals surface area contributed by atoms with Gasteiger partial charge in [0.1, 0.15) is 5.75 Å². The van der Waals surface area contributed by atoms with E-state index in [0.717, 1.165) is 77.7 Å². The first kappa shape index (κ1) is 25.2. The highest BCUT2D eigenvalue weighted by molar-refractivity contribution is 14.0. The summed E-state index contributed by atoms with van der Waals surface area (Å²) in [4.78, 5) is 9.54. The van der Waals surface area contributed by atoms with Crippen LogP contribution in [0, 0.1) is 5.92 Å². The number of hydrogen-bond donors (Lipinski definition) is 2. The predicted molar refractivity (Wildman–Crippen MR) is 133 cm³/mol. The van der Waals surface area contributed by atoms with Gasteiger partial charge in [0.15, 0.2) is 5.96 Å². The van der Waals surface area contributed by atoms with E-state index in [1.807, 2.05) is 12.1 Å². The third-order valence-electron chi connectivity index (χ3n) is 5.85. The average Bonchev–Trinajstić information content (AvgIpc) is 2.77. The third kappa shape index (κ3) is 8.95. The number of hydrogen-bond acceptors (Lipinski definition) is 5. The van der Waals surface area contributed by atoms with E-state index in [0.29, 0.717) is 11.9 Å². The summed E-state index contributed by atoms with van der Waals surface area (Å²) in [7, 11) is 1.70. The standard InChI is InChI=1S/C22H37N5O2.HI/c1-28-21-5-3-20(4-6-21)18-27-11-7-19(8-12-27)17-25-22(23)24-9-2-10-26-13-15-29-16-14-26;/h3-6,19H,2,7-18H2,1H3,(H3,23,24,25);1H. The summed E-state index contributed by atoms with van der Waals surface area (Å²) in [6, 6.07) is 8.38. The molecule has 2 heterocycles. The second-order valence-electron chi connectivity index (χ2n) is 8.03. The number of ether oxygens (including phenoxy) is 2. The Morgan fingerprint density at radius 2 is 1.83 bits per heavy atom. The molecule has 8 heteroatoms. The molecule has 2 fully saturated rings. The molecule has 0 atom stereocenters. The van der Waals surface area contributed by atoms with Crippen molar-refractivity contribution in [3.05, 3.63) is 29.8 Å². The maximum absolute atomic E-state index is 6.05. The van der Waals surface area contributed by atoms with Gasteiger partial charge in [-0.2, -0.15) is 0 Å². The fourth-order valence-corrected chi connectivity index (χ4v) is 3.94. The number of nitrogens with one attached hydrogen (secondary N) is 1. The minimum Gasteiger partial charge on any atom is -0.497 e. The molecule has 0 aromatic heterocycles. The molecule has 0 amide bonds. The fraction of sp³-hybridized carbons (Fsp3) is 0.682. The zero-order valence-electron chi connectivity index (χ0n) is 18.2. The first-order valence-corrected chi connectivity index (χ1v) is 10.9. The van der Waals surface area contributed by atoms with E-state index < -0.39 is 0 Å². The lowest BCUT2D eigenvalue weighted by Gasteiger charge is -2.31. The van der Waals surface area contributed by atoms with Crippen LogP contribution in [0.2, 0.25) is 0 Å². The van der Waals surface area contributed by atoms with Gasteiger partial charge in [0.2, 0.25) is 0 Å². The third-order valence-corrected chi connectivity index (χ3v) is 5.85. The van der Waals surface area contributed by atoms with E-state index in [-0.39, 0.29) is 24.0 Å². The van der Waals surface area contributed by atoms with Gasteiger partial charge in [0.25, 0.3) is 0 Å². The first-order chi connectivity index (χ1) is 14.2. The van der Waals surface area contributed by atoms with Gasteiger partial charge in [-0.1, -0.05) is 12.1 Å². The topological polar surface area (TPSA) is 75.3 Å². The Labute approximate surface area is 198 Å². The van der Waals surface area contributed by atoms with Gasteiger partial charge in [-0.15, -0.1) is 24.0 Å². The molecule has 2 aliphatic rings. The van der Waals surface area contributed by atoms with Crippen molar-refractivity contribution in [1.82, 2.24) is 15.1 Å². The van der Waals surface area contributed by atoms with Crippen LogP contribution in [0.4, 0.5) is 0 Å². The van der Waals surface area contributed by atoms with Gasteiger partial charge in [0, 0.05) is 32.7 Å². The van der Waals surface area contributed by atoms with Gasteiger partial charge in [-0.3, -0.25) is 14.8 Å².